The van der Waals surface area contributed by atoms with Crippen molar-refractivity contribution in [1.82, 2.24) is 5.32 Å². The second kappa shape index (κ2) is 8.29. The molecule has 0 spiro atoms. The molecule has 25 heavy (non-hydrogen) atoms. The molecule has 130 valence electrons. The molecule has 1 aliphatic heterocycles. The number of benzene rings is 1. The number of nitrogens with zero attached hydrogens (tertiary/aromatic N) is 2. The highest BCUT2D eigenvalue weighted by atomic mass is 35.5. The van der Waals surface area contributed by atoms with Crippen LogP contribution in [0.5, 0.6) is 5.75 Å². The van der Waals surface area contributed by atoms with Gasteiger partial charge in [0, 0.05) is 16.2 Å². The van der Waals surface area contributed by atoms with Gasteiger partial charge in [0.05, 0.1) is 29.3 Å². The third-order valence-corrected chi connectivity index (χ3v) is 5.29. The van der Waals surface area contributed by atoms with Crippen molar-refractivity contribution in [1.29, 1.82) is 10.5 Å². The molecule has 1 N–H and O–H groups in total. The quantitative estimate of drug-likeness (QED) is 0.762. The Morgan fingerprint density at radius 3 is 2.60 bits per heavy atom. The van der Waals surface area contributed by atoms with Crippen molar-refractivity contribution in [3.63, 3.8) is 0 Å². The second-order valence-corrected chi connectivity index (χ2v) is 7.63. The zero-order chi connectivity index (χ0) is 18.4. The van der Waals surface area contributed by atoms with Crippen molar-refractivity contribution >= 4 is 29.3 Å². The molecule has 1 atom stereocenters. The molecule has 2 rings (SSSR count). The summed E-state index contributed by atoms with van der Waals surface area (Å²) in [5.41, 5.74) is -0.351. The van der Waals surface area contributed by atoms with Crippen molar-refractivity contribution < 1.29 is 9.53 Å². The fourth-order valence-corrected chi connectivity index (χ4v) is 3.71. The van der Waals surface area contributed by atoms with Gasteiger partial charge < -0.3 is 10.1 Å². The summed E-state index contributed by atoms with van der Waals surface area (Å²) in [5, 5.41) is 22.5. The summed E-state index contributed by atoms with van der Waals surface area (Å²) >= 11 is 7.22. The van der Waals surface area contributed by atoms with E-state index in [2.05, 4.69) is 11.4 Å². The van der Waals surface area contributed by atoms with E-state index in [9.17, 15) is 15.3 Å². The molecular weight excluding hydrogens is 358 g/mol. The predicted octanol–water partition coefficient (Wildman–Crippen LogP) is 3.87. The molecule has 5 nitrogen and oxygen atoms in total. The van der Waals surface area contributed by atoms with Gasteiger partial charge in [0.1, 0.15) is 11.7 Å². The number of carbonyl (C=O) groups excluding carboxylic acids is 1. The molecule has 1 aliphatic rings. The molecule has 0 unspecified atom stereocenters. The van der Waals surface area contributed by atoms with E-state index < -0.39 is 11.3 Å². The van der Waals surface area contributed by atoms with Crippen LogP contribution in [-0.2, 0) is 4.79 Å². The van der Waals surface area contributed by atoms with Crippen LogP contribution < -0.4 is 10.1 Å². The lowest BCUT2D eigenvalue weighted by atomic mass is 9.72. The molecule has 0 saturated carbocycles. The van der Waals surface area contributed by atoms with Crippen molar-refractivity contribution in [2.24, 2.45) is 11.3 Å². The summed E-state index contributed by atoms with van der Waals surface area (Å²) in [6, 6.07) is 11.3. The number of rotatable bonds is 6. The fourth-order valence-electron chi connectivity index (χ4n) is 2.49. The zero-order valence-electron chi connectivity index (χ0n) is 14.0. The van der Waals surface area contributed by atoms with E-state index in [4.69, 9.17) is 16.3 Å². The first-order chi connectivity index (χ1) is 11.9. The van der Waals surface area contributed by atoms with E-state index in [1.165, 1.54) is 11.8 Å². The lowest BCUT2D eigenvalue weighted by molar-refractivity contribution is -0.125. The van der Waals surface area contributed by atoms with Crippen LogP contribution in [0.15, 0.2) is 34.9 Å². The van der Waals surface area contributed by atoms with E-state index in [-0.39, 0.29) is 5.91 Å². The van der Waals surface area contributed by atoms with E-state index in [0.29, 0.717) is 28.0 Å². The van der Waals surface area contributed by atoms with Crippen molar-refractivity contribution in [2.75, 3.05) is 12.4 Å². The maximum atomic E-state index is 12.1. The molecule has 0 saturated heterocycles. The van der Waals surface area contributed by atoms with Gasteiger partial charge in [-0.3, -0.25) is 4.79 Å². The first-order valence-electron chi connectivity index (χ1n) is 7.76. The number of allylic oxidation sites excluding steroid dienone is 1. The Hall–Kier alpha value is -2.15. The van der Waals surface area contributed by atoms with Gasteiger partial charge >= 0.3 is 0 Å². The number of nitriles is 2. The molecular formula is C18H18ClN3O2S. The minimum atomic E-state index is -0.861. The molecule has 1 heterocycles. The number of nitrogens with one attached hydrogen (secondary N) is 1. The monoisotopic (exact) mass is 375 g/mol. The lowest BCUT2D eigenvalue weighted by Gasteiger charge is -2.34. The van der Waals surface area contributed by atoms with Gasteiger partial charge in [0.25, 0.3) is 0 Å². The number of ether oxygens (including phenoxy) is 1. The zero-order valence-corrected chi connectivity index (χ0v) is 15.6. The Morgan fingerprint density at radius 1 is 1.32 bits per heavy atom. The third-order valence-electron chi connectivity index (χ3n) is 3.95. The molecule has 0 fully saturated rings. The molecule has 1 aromatic carbocycles. The highest BCUT2D eigenvalue weighted by molar-refractivity contribution is 8.03. The highest BCUT2D eigenvalue weighted by Crippen LogP contribution is 2.41. The molecule has 0 aromatic heterocycles. The van der Waals surface area contributed by atoms with Crippen LogP contribution in [0, 0.1) is 34.0 Å². The molecule has 1 amide bonds. The third kappa shape index (κ3) is 4.48. The van der Waals surface area contributed by atoms with E-state index in [1.54, 1.807) is 38.1 Å². The Bertz CT molecular complexity index is 760. The Kier molecular flexibility index (Phi) is 6.36. The smallest absolute Gasteiger partial charge is 0.243 e. The van der Waals surface area contributed by atoms with Crippen LogP contribution in [0.3, 0.4) is 0 Å². The molecule has 0 aliphatic carbocycles. The average molecular weight is 376 g/mol. The highest BCUT2D eigenvalue weighted by Gasteiger charge is 2.44. The number of halogens is 1. The van der Waals surface area contributed by atoms with Crippen molar-refractivity contribution in [2.45, 2.75) is 20.3 Å². The van der Waals surface area contributed by atoms with E-state index >= 15 is 0 Å². The Balaban J connectivity index is 1.92. The molecule has 1 aromatic rings. The topological polar surface area (TPSA) is 85.9 Å². The summed E-state index contributed by atoms with van der Waals surface area (Å²) in [4.78, 5) is 12.1. The first kappa shape index (κ1) is 19.2. The number of hydrogen-bond donors (Lipinski definition) is 1. The van der Waals surface area contributed by atoms with E-state index in [1.807, 2.05) is 6.07 Å². The van der Waals surface area contributed by atoms with Gasteiger partial charge in [0.15, 0.2) is 0 Å². The van der Waals surface area contributed by atoms with Gasteiger partial charge in [-0.25, -0.2) is 0 Å². The van der Waals surface area contributed by atoms with Crippen molar-refractivity contribution in [3.8, 4) is 17.9 Å². The average Bonchev–Trinajstić information content (AvgIpc) is 2.56. The number of amides is 1. The summed E-state index contributed by atoms with van der Waals surface area (Å²) in [5.74, 6) is 0.211. The SMILES string of the molecule is CC1(C)C(C#N)=C(SCCCOc2ccc(Cl)cc2)NC(=O)[C@@H]1C#N. The minimum Gasteiger partial charge on any atom is -0.494 e. The minimum absolute atomic E-state index is 0.355. The maximum absolute atomic E-state index is 12.1. The van der Waals surface area contributed by atoms with E-state index in [0.717, 1.165) is 12.2 Å². The summed E-state index contributed by atoms with van der Waals surface area (Å²) in [6.45, 7) is 4.02. The van der Waals surface area contributed by atoms with Gasteiger partial charge in [0.2, 0.25) is 5.91 Å². The van der Waals surface area contributed by atoms with Gasteiger partial charge in [-0.05, 0) is 30.7 Å². The molecule has 0 radical (unpaired) electrons. The van der Waals surface area contributed by atoms with Crippen LogP contribution in [0.1, 0.15) is 20.3 Å². The Morgan fingerprint density at radius 2 is 2.00 bits per heavy atom. The summed E-state index contributed by atoms with van der Waals surface area (Å²) in [6.07, 6.45) is 0.744. The lowest BCUT2D eigenvalue weighted by Crippen LogP contribution is -2.44. The summed E-state index contributed by atoms with van der Waals surface area (Å²) in [7, 11) is 0. The predicted molar refractivity (Wildman–Crippen MR) is 97.7 cm³/mol. The van der Waals surface area contributed by atoms with Crippen molar-refractivity contribution in [3.05, 3.63) is 39.9 Å². The Labute approximate surface area is 156 Å². The van der Waals surface area contributed by atoms with Gasteiger partial charge in [-0.1, -0.05) is 25.4 Å². The number of carbonyl (C=O) groups is 1. The van der Waals surface area contributed by atoms with Crippen LogP contribution in [0.2, 0.25) is 5.02 Å². The fraction of sp³-hybridized carbons (Fsp3) is 0.389. The number of hydrogen-bond acceptors (Lipinski definition) is 5. The van der Waals surface area contributed by atoms with Crippen LogP contribution in [-0.4, -0.2) is 18.3 Å². The molecule has 0 bridgehead atoms. The maximum Gasteiger partial charge on any atom is 0.243 e. The number of thioether (sulfide) groups is 1. The second-order valence-electron chi connectivity index (χ2n) is 6.09. The largest absolute Gasteiger partial charge is 0.494 e. The normalized spacial score (nSPS) is 18.9. The standard InChI is InChI=1S/C18H18ClN3O2S/c1-18(2)14(10-20)16(23)22-17(15(18)11-21)25-9-3-8-24-13-6-4-12(19)5-7-13/h4-7,14H,3,8-9H2,1-2H3,(H,22,23)/t14-/m0/s1. The van der Waals surface area contributed by atoms with Crippen LogP contribution >= 0.6 is 23.4 Å². The molecule has 7 heteroatoms. The first-order valence-corrected chi connectivity index (χ1v) is 9.13. The summed E-state index contributed by atoms with van der Waals surface area (Å²) < 4.78 is 5.62. The van der Waals surface area contributed by atoms with Crippen LogP contribution in [0.4, 0.5) is 0 Å². The van der Waals surface area contributed by atoms with Gasteiger partial charge in [-0.2, -0.15) is 10.5 Å². The van der Waals surface area contributed by atoms with Gasteiger partial charge in [-0.15, -0.1) is 11.8 Å². The van der Waals surface area contributed by atoms with Crippen LogP contribution in [0.25, 0.3) is 0 Å².